The Morgan fingerprint density at radius 1 is 1.31 bits per heavy atom. The van der Waals surface area contributed by atoms with Crippen LogP contribution in [0.4, 0.5) is 0 Å². The Bertz CT molecular complexity index is 649. The molecule has 26 heavy (non-hydrogen) atoms. The van der Waals surface area contributed by atoms with Crippen molar-refractivity contribution in [1.29, 1.82) is 0 Å². The molecule has 1 aromatic heterocycles. The average Bonchev–Trinajstić information content (AvgIpc) is 3.28. The number of likely N-dealkylation sites (N-methyl/N-ethyl adjacent to an activating group) is 1. The van der Waals surface area contributed by atoms with Crippen molar-refractivity contribution in [3.05, 3.63) is 15.6 Å². The second-order valence-corrected chi connectivity index (χ2v) is 9.09. The van der Waals surface area contributed by atoms with Gasteiger partial charge >= 0.3 is 0 Å². The van der Waals surface area contributed by atoms with Crippen LogP contribution in [0, 0.1) is 25.7 Å². The first-order valence-corrected chi connectivity index (χ1v) is 10.4. The predicted molar refractivity (Wildman–Crippen MR) is 107 cm³/mol. The van der Waals surface area contributed by atoms with E-state index in [1.807, 2.05) is 0 Å². The van der Waals surface area contributed by atoms with E-state index in [9.17, 15) is 4.79 Å². The molecule has 2 aliphatic rings. The molecular weight excluding hydrogens is 346 g/mol. The summed E-state index contributed by atoms with van der Waals surface area (Å²) in [6.45, 7) is 5.12. The number of hydrogen-bond donors (Lipinski definition) is 2. The van der Waals surface area contributed by atoms with Crippen molar-refractivity contribution in [3.63, 3.8) is 0 Å². The Morgan fingerprint density at radius 3 is 2.69 bits per heavy atom. The Morgan fingerprint density at radius 2 is 2.12 bits per heavy atom. The molecule has 0 aliphatic heterocycles. The van der Waals surface area contributed by atoms with E-state index in [-0.39, 0.29) is 12.5 Å². The number of amides is 1. The first-order chi connectivity index (χ1) is 12.4. The molecule has 2 bridgehead atoms. The van der Waals surface area contributed by atoms with Crippen molar-refractivity contribution in [2.45, 2.75) is 52.0 Å². The molecule has 0 radical (unpaired) electrons. The van der Waals surface area contributed by atoms with Gasteiger partial charge in [-0.1, -0.05) is 6.42 Å². The van der Waals surface area contributed by atoms with Crippen molar-refractivity contribution in [3.8, 4) is 0 Å². The lowest BCUT2D eigenvalue weighted by atomic mass is 9.95. The monoisotopic (exact) mass is 377 g/mol. The van der Waals surface area contributed by atoms with Crippen LogP contribution in [0.5, 0.6) is 0 Å². The van der Waals surface area contributed by atoms with Gasteiger partial charge in [-0.05, 0) is 44.9 Å². The van der Waals surface area contributed by atoms with Crippen LogP contribution in [-0.4, -0.2) is 55.0 Å². The van der Waals surface area contributed by atoms with Gasteiger partial charge in [0, 0.05) is 38.0 Å². The van der Waals surface area contributed by atoms with E-state index in [4.69, 9.17) is 0 Å². The van der Waals surface area contributed by atoms with Gasteiger partial charge in [0.1, 0.15) is 6.54 Å². The van der Waals surface area contributed by atoms with Crippen molar-refractivity contribution >= 4 is 23.2 Å². The lowest BCUT2D eigenvalue weighted by Gasteiger charge is -2.25. The van der Waals surface area contributed by atoms with E-state index in [1.165, 1.54) is 30.6 Å². The van der Waals surface area contributed by atoms with E-state index in [0.29, 0.717) is 6.04 Å². The van der Waals surface area contributed by atoms with Gasteiger partial charge in [0.25, 0.3) is 0 Å². The Hall–Kier alpha value is -1.63. The summed E-state index contributed by atoms with van der Waals surface area (Å²) in [5.41, 5.74) is 1.12. The number of thiazole rings is 1. The first kappa shape index (κ1) is 19.1. The van der Waals surface area contributed by atoms with Crippen molar-refractivity contribution in [2.24, 2.45) is 16.8 Å². The summed E-state index contributed by atoms with van der Waals surface area (Å²) in [7, 11) is 3.53. The van der Waals surface area contributed by atoms with E-state index >= 15 is 0 Å². The Balaban J connectivity index is 1.56. The van der Waals surface area contributed by atoms with Gasteiger partial charge in [0.2, 0.25) is 5.91 Å². The molecule has 3 rings (SSSR count). The van der Waals surface area contributed by atoms with E-state index < -0.39 is 0 Å². The van der Waals surface area contributed by atoms with Gasteiger partial charge in [-0.25, -0.2) is 9.98 Å². The molecule has 144 valence electrons. The maximum Gasteiger partial charge on any atom is 0.243 e. The third-order valence-corrected chi connectivity index (χ3v) is 6.77. The molecule has 7 heteroatoms. The Kier molecular flexibility index (Phi) is 6.16. The molecule has 2 aliphatic carbocycles. The minimum Gasteiger partial charge on any atom is -0.356 e. The van der Waals surface area contributed by atoms with Crippen molar-refractivity contribution in [1.82, 2.24) is 20.5 Å². The molecule has 0 aromatic carbocycles. The third-order valence-electron chi connectivity index (χ3n) is 5.64. The molecule has 3 unspecified atom stereocenters. The number of fused-ring (bicyclic) bond motifs is 2. The fourth-order valence-electron chi connectivity index (χ4n) is 3.97. The number of aryl methyl sites for hydroxylation is 2. The smallest absolute Gasteiger partial charge is 0.243 e. The first-order valence-electron chi connectivity index (χ1n) is 9.60. The van der Waals surface area contributed by atoms with Crippen LogP contribution in [0.3, 0.4) is 0 Å². The second-order valence-electron chi connectivity index (χ2n) is 7.80. The van der Waals surface area contributed by atoms with Crippen molar-refractivity contribution in [2.75, 3.05) is 27.2 Å². The normalized spacial score (nSPS) is 24.8. The zero-order chi connectivity index (χ0) is 18.7. The quantitative estimate of drug-likeness (QED) is 0.588. The zero-order valence-corrected chi connectivity index (χ0v) is 17.2. The highest BCUT2D eigenvalue weighted by Crippen LogP contribution is 2.44. The van der Waals surface area contributed by atoms with Crippen LogP contribution in [0.2, 0.25) is 0 Å². The van der Waals surface area contributed by atoms with Gasteiger partial charge in [0.15, 0.2) is 5.96 Å². The third kappa shape index (κ3) is 4.75. The lowest BCUT2D eigenvalue weighted by Crippen LogP contribution is -2.46. The number of aromatic nitrogens is 1. The molecule has 1 amide bonds. The molecule has 6 nitrogen and oxygen atoms in total. The maximum atomic E-state index is 11.9. The molecule has 2 saturated carbocycles. The number of nitrogens with one attached hydrogen (secondary N) is 2. The summed E-state index contributed by atoms with van der Waals surface area (Å²) in [4.78, 5) is 23.9. The molecule has 1 aromatic rings. The van der Waals surface area contributed by atoms with Crippen LogP contribution in [0.1, 0.15) is 41.3 Å². The number of carbonyl (C=O) groups is 1. The highest BCUT2D eigenvalue weighted by atomic mass is 32.1. The topological polar surface area (TPSA) is 69.6 Å². The van der Waals surface area contributed by atoms with Crippen LogP contribution >= 0.6 is 11.3 Å². The molecule has 2 fully saturated rings. The van der Waals surface area contributed by atoms with Gasteiger partial charge in [-0.2, -0.15) is 0 Å². The molecule has 1 heterocycles. The molecule has 2 N–H and O–H groups in total. The van der Waals surface area contributed by atoms with Crippen LogP contribution < -0.4 is 10.6 Å². The summed E-state index contributed by atoms with van der Waals surface area (Å²) in [6.07, 6.45) is 6.16. The highest BCUT2D eigenvalue weighted by Gasteiger charge is 2.39. The van der Waals surface area contributed by atoms with Gasteiger partial charge in [-0.3, -0.25) is 4.79 Å². The standard InChI is InChI=1S/C19H31N5OS/c1-12-13(2)26-17(22-12)7-8-20-19(21-11-18(25)24(3)4)23-16-10-14-5-6-15(16)9-14/h14-16H,5-11H2,1-4H3,(H2,20,21,23). The second kappa shape index (κ2) is 8.37. The fourth-order valence-corrected chi connectivity index (χ4v) is 4.91. The van der Waals surface area contributed by atoms with Gasteiger partial charge in [-0.15, -0.1) is 11.3 Å². The summed E-state index contributed by atoms with van der Waals surface area (Å²) in [5, 5.41) is 8.16. The van der Waals surface area contributed by atoms with E-state index in [0.717, 1.165) is 41.5 Å². The molecule has 0 spiro atoms. The van der Waals surface area contributed by atoms with Crippen LogP contribution in [-0.2, 0) is 11.2 Å². The number of hydrogen-bond acceptors (Lipinski definition) is 4. The SMILES string of the molecule is Cc1nc(CCNC(=NCC(=O)N(C)C)NC2CC3CCC2C3)sc1C. The zero-order valence-electron chi connectivity index (χ0n) is 16.3. The molecule has 3 atom stereocenters. The Labute approximate surface area is 160 Å². The number of guanidine groups is 1. The minimum absolute atomic E-state index is 0.0187. The molecular formula is C19H31N5OS. The number of rotatable bonds is 6. The average molecular weight is 378 g/mol. The highest BCUT2D eigenvalue weighted by molar-refractivity contribution is 7.11. The van der Waals surface area contributed by atoms with Crippen LogP contribution in [0.25, 0.3) is 0 Å². The number of carbonyl (C=O) groups excluding carboxylic acids is 1. The van der Waals surface area contributed by atoms with E-state index in [1.54, 1.807) is 30.3 Å². The van der Waals surface area contributed by atoms with Crippen LogP contribution in [0.15, 0.2) is 4.99 Å². The summed E-state index contributed by atoms with van der Waals surface area (Å²) in [5.74, 6) is 2.43. The summed E-state index contributed by atoms with van der Waals surface area (Å²) in [6, 6.07) is 0.499. The largest absolute Gasteiger partial charge is 0.356 e. The van der Waals surface area contributed by atoms with Gasteiger partial charge < -0.3 is 15.5 Å². The predicted octanol–water partition coefficient (Wildman–Crippen LogP) is 2.11. The number of nitrogens with zero attached hydrogens (tertiary/aromatic N) is 3. The fraction of sp³-hybridized carbons (Fsp3) is 0.737. The summed E-state index contributed by atoms with van der Waals surface area (Å²) < 4.78 is 0. The van der Waals surface area contributed by atoms with E-state index in [2.05, 4.69) is 34.5 Å². The number of aliphatic imine (C=N–C) groups is 1. The summed E-state index contributed by atoms with van der Waals surface area (Å²) >= 11 is 1.76. The maximum absolute atomic E-state index is 11.9. The molecule has 0 saturated heterocycles. The lowest BCUT2D eigenvalue weighted by molar-refractivity contribution is -0.127. The minimum atomic E-state index is 0.0187. The van der Waals surface area contributed by atoms with Gasteiger partial charge in [0.05, 0.1) is 10.7 Å². The van der Waals surface area contributed by atoms with Crippen molar-refractivity contribution < 1.29 is 4.79 Å².